The number of hydrogen-bond donors (Lipinski definition) is 1. The zero-order chi connectivity index (χ0) is 24.0. The van der Waals surface area contributed by atoms with E-state index >= 15 is 0 Å². The van der Waals surface area contributed by atoms with Gasteiger partial charge in [-0.1, -0.05) is 90.3 Å². The van der Waals surface area contributed by atoms with Gasteiger partial charge >= 0.3 is 0 Å². The number of aromatic amines is 1. The molecule has 3 aromatic carbocycles. The van der Waals surface area contributed by atoms with Crippen molar-refractivity contribution in [2.24, 2.45) is 4.99 Å². The normalized spacial score (nSPS) is 14.0. The molecule has 1 aromatic heterocycles. The molecular formula is C29H18N4S2. The van der Waals surface area contributed by atoms with Crippen LogP contribution in [0.1, 0.15) is 11.3 Å². The summed E-state index contributed by atoms with van der Waals surface area (Å²) in [4.78, 5) is 14.2. The van der Waals surface area contributed by atoms with Crippen LogP contribution in [0.4, 0.5) is 5.69 Å². The van der Waals surface area contributed by atoms with E-state index in [1.165, 1.54) is 23.5 Å². The minimum Gasteiger partial charge on any atom is -0.359 e. The van der Waals surface area contributed by atoms with E-state index < -0.39 is 0 Å². The quantitative estimate of drug-likeness (QED) is 0.290. The van der Waals surface area contributed by atoms with Gasteiger partial charge in [-0.25, -0.2) is 9.84 Å². The summed E-state index contributed by atoms with van der Waals surface area (Å²) >= 11 is 2.99. The van der Waals surface area contributed by atoms with E-state index in [1.807, 2.05) is 103 Å². The lowest BCUT2D eigenvalue weighted by Gasteiger charge is -2.09. The molecule has 1 N–H and O–H groups in total. The van der Waals surface area contributed by atoms with Gasteiger partial charge in [0, 0.05) is 21.1 Å². The largest absolute Gasteiger partial charge is 0.359 e. The Labute approximate surface area is 212 Å². The molecule has 0 bridgehead atoms. The molecule has 35 heavy (non-hydrogen) atoms. The zero-order valence-electron chi connectivity index (χ0n) is 18.5. The summed E-state index contributed by atoms with van der Waals surface area (Å²) in [6.07, 6.45) is 1.83. The maximum absolute atomic E-state index is 9.82. The molecule has 4 nitrogen and oxygen atoms in total. The molecule has 1 aliphatic rings. The summed E-state index contributed by atoms with van der Waals surface area (Å²) in [6, 6.07) is 34.0. The number of nitriles is 1. The van der Waals surface area contributed by atoms with E-state index in [9.17, 15) is 5.26 Å². The highest BCUT2D eigenvalue weighted by Gasteiger charge is 2.23. The lowest BCUT2D eigenvalue weighted by molar-refractivity contribution is 1.17. The Morgan fingerprint density at radius 1 is 0.857 bits per heavy atom. The summed E-state index contributed by atoms with van der Waals surface area (Å²) < 4.78 is 0. The van der Waals surface area contributed by atoms with Crippen molar-refractivity contribution >= 4 is 39.8 Å². The Kier molecular flexibility index (Phi) is 6.68. The van der Waals surface area contributed by atoms with Gasteiger partial charge in [0.2, 0.25) is 5.69 Å². The summed E-state index contributed by atoms with van der Waals surface area (Å²) in [5.41, 5.74) is 4.37. The molecule has 166 valence electrons. The maximum Gasteiger partial charge on any atom is 0.218 e. The molecule has 0 amide bonds. The smallest absolute Gasteiger partial charge is 0.218 e. The number of thioether (sulfide) groups is 1. The fraction of sp³-hybridized carbons (Fsp3) is 0. The first-order chi connectivity index (χ1) is 17.2. The monoisotopic (exact) mass is 486 g/mol. The Hall–Kier alpha value is -4.23. The predicted octanol–water partition coefficient (Wildman–Crippen LogP) is 8.13. The van der Waals surface area contributed by atoms with Crippen LogP contribution in [0, 0.1) is 17.9 Å². The average Bonchev–Trinajstić information content (AvgIpc) is 3.49. The van der Waals surface area contributed by atoms with E-state index in [1.54, 1.807) is 0 Å². The number of aromatic nitrogens is 1. The molecule has 0 radical (unpaired) electrons. The van der Waals surface area contributed by atoms with Gasteiger partial charge in [0.25, 0.3) is 0 Å². The second kappa shape index (κ2) is 10.4. The fourth-order valence-corrected chi connectivity index (χ4v) is 5.43. The fourth-order valence-electron chi connectivity index (χ4n) is 3.66. The molecule has 6 heteroatoms. The maximum atomic E-state index is 9.82. The molecule has 4 aromatic rings. The van der Waals surface area contributed by atoms with Crippen molar-refractivity contribution < 1.29 is 0 Å². The number of nitrogens with one attached hydrogen (secondary N) is 1. The van der Waals surface area contributed by atoms with Gasteiger partial charge in [-0.2, -0.15) is 5.26 Å². The molecule has 2 heterocycles. The van der Waals surface area contributed by atoms with Crippen molar-refractivity contribution in [3.05, 3.63) is 137 Å². The first kappa shape index (κ1) is 22.6. The Morgan fingerprint density at radius 2 is 1.46 bits per heavy atom. The number of benzene rings is 3. The first-order valence-electron chi connectivity index (χ1n) is 10.8. The third-order valence-electron chi connectivity index (χ3n) is 5.25. The second-order valence-electron chi connectivity index (χ2n) is 7.55. The lowest BCUT2D eigenvalue weighted by atomic mass is 10.0. The highest BCUT2D eigenvalue weighted by molar-refractivity contribution is 8.14. The first-order valence-corrected chi connectivity index (χ1v) is 12.5. The van der Waals surface area contributed by atoms with Crippen molar-refractivity contribution in [2.45, 2.75) is 14.8 Å². The molecule has 0 spiro atoms. The third-order valence-corrected chi connectivity index (χ3v) is 7.28. The van der Waals surface area contributed by atoms with Crippen LogP contribution < -0.4 is 0 Å². The molecule has 5 rings (SSSR count). The zero-order valence-corrected chi connectivity index (χ0v) is 20.1. The van der Waals surface area contributed by atoms with Crippen molar-refractivity contribution in [3.63, 3.8) is 0 Å². The van der Waals surface area contributed by atoms with Gasteiger partial charge in [-0.05, 0) is 42.0 Å². The number of hydrogen-bond acceptors (Lipinski definition) is 4. The van der Waals surface area contributed by atoms with Gasteiger partial charge < -0.3 is 4.98 Å². The van der Waals surface area contributed by atoms with Crippen LogP contribution in [0.5, 0.6) is 0 Å². The topological polar surface area (TPSA) is 56.3 Å². The number of H-pyrrole nitrogens is 1. The van der Waals surface area contributed by atoms with Gasteiger partial charge in [0.05, 0.1) is 22.9 Å². The van der Waals surface area contributed by atoms with Crippen molar-refractivity contribution in [3.8, 4) is 6.07 Å². The van der Waals surface area contributed by atoms with E-state index in [2.05, 4.69) is 15.9 Å². The Bertz CT molecular complexity index is 1540. The van der Waals surface area contributed by atoms with Crippen LogP contribution in [0.15, 0.2) is 134 Å². The molecule has 0 saturated heterocycles. The Morgan fingerprint density at radius 3 is 2.06 bits per heavy atom. The summed E-state index contributed by atoms with van der Waals surface area (Å²) in [5, 5.41) is 11.3. The third kappa shape index (κ3) is 5.00. The minimum atomic E-state index is 0.526. The molecule has 0 saturated carbocycles. The van der Waals surface area contributed by atoms with Crippen molar-refractivity contribution in [1.82, 2.24) is 4.98 Å². The van der Waals surface area contributed by atoms with Crippen LogP contribution in [-0.2, 0) is 0 Å². The van der Waals surface area contributed by atoms with Crippen LogP contribution in [0.3, 0.4) is 0 Å². The molecular weight excluding hydrogens is 468 g/mol. The number of nitrogens with zero attached hydrogens (tertiary/aromatic N) is 3. The van der Waals surface area contributed by atoms with E-state index in [0.29, 0.717) is 22.0 Å². The van der Waals surface area contributed by atoms with E-state index in [4.69, 9.17) is 11.6 Å². The predicted molar refractivity (Wildman–Crippen MR) is 144 cm³/mol. The molecule has 0 fully saturated rings. The van der Waals surface area contributed by atoms with Crippen LogP contribution >= 0.6 is 23.5 Å². The molecule has 1 aliphatic heterocycles. The standard InChI is InChI=1S/C29H18N4S2/c1-31-26-18-25(33-29(26)35-23-15-9-4-10-16-23)27(20-11-5-2-6-12-20)24-17-21(19-30)28(32-24)34-22-13-7-3-8-14-22/h2-18,33H/b27-24-. The van der Waals surface area contributed by atoms with Crippen LogP contribution in [0.2, 0.25) is 0 Å². The van der Waals surface area contributed by atoms with Gasteiger partial charge in [-0.3, -0.25) is 0 Å². The highest BCUT2D eigenvalue weighted by Crippen LogP contribution is 2.40. The van der Waals surface area contributed by atoms with Gasteiger partial charge in [0.1, 0.15) is 11.1 Å². The highest BCUT2D eigenvalue weighted by atomic mass is 32.2. The SMILES string of the molecule is [C-]#[N+]c1cc(/C(=C2/C=C(C#N)C(Sc3ccccc3)=N2)c2ccccc2)[nH]c1Sc1ccccc1. The summed E-state index contributed by atoms with van der Waals surface area (Å²) in [7, 11) is 0. The minimum absolute atomic E-state index is 0.526. The van der Waals surface area contributed by atoms with Crippen molar-refractivity contribution in [1.29, 1.82) is 5.26 Å². The average molecular weight is 487 g/mol. The van der Waals surface area contributed by atoms with Crippen molar-refractivity contribution in [2.75, 3.05) is 0 Å². The van der Waals surface area contributed by atoms with Gasteiger partial charge in [0.15, 0.2) is 0 Å². The number of aliphatic imine (C=N–C) groups is 1. The van der Waals surface area contributed by atoms with Crippen LogP contribution in [0.25, 0.3) is 10.4 Å². The number of rotatable bonds is 5. The molecule has 0 atom stereocenters. The summed E-state index contributed by atoms with van der Waals surface area (Å²) in [6.45, 7) is 7.73. The lowest BCUT2D eigenvalue weighted by Crippen LogP contribution is -1.92. The molecule has 0 unspecified atom stereocenters. The number of allylic oxidation sites excluding steroid dienone is 1. The van der Waals surface area contributed by atoms with Gasteiger partial charge in [-0.15, -0.1) is 0 Å². The van der Waals surface area contributed by atoms with E-state index in [0.717, 1.165) is 31.6 Å². The van der Waals surface area contributed by atoms with E-state index in [-0.39, 0.29) is 0 Å². The second-order valence-corrected chi connectivity index (χ2v) is 9.70. The molecule has 0 aliphatic carbocycles. The summed E-state index contributed by atoms with van der Waals surface area (Å²) in [5.74, 6) is 0. The van der Waals surface area contributed by atoms with Crippen LogP contribution in [-0.4, -0.2) is 10.0 Å². The Balaban J connectivity index is 1.63.